The summed E-state index contributed by atoms with van der Waals surface area (Å²) in [5, 5.41) is 3.12. The summed E-state index contributed by atoms with van der Waals surface area (Å²) in [5.41, 5.74) is 7.55. The van der Waals surface area contributed by atoms with Crippen LogP contribution in [0.1, 0.15) is 18.3 Å². The SMILES string of the molecule is CCN(Cc1ccc(OC)c(F)c1)Cc1nc(N)nc(Nc2ccccc2)n1. The molecule has 1 aromatic heterocycles. The van der Waals surface area contributed by atoms with E-state index in [-0.39, 0.29) is 17.5 Å². The molecule has 0 fully saturated rings. The fourth-order valence-corrected chi connectivity index (χ4v) is 2.76. The van der Waals surface area contributed by atoms with Crippen molar-refractivity contribution in [1.82, 2.24) is 19.9 Å². The molecule has 0 spiro atoms. The Bertz CT molecular complexity index is 922. The lowest BCUT2D eigenvalue weighted by Gasteiger charge is -2.20. The Morgan fingerprint density at radius 3 is 2.54 bits per heavy atom. The van der Waals surface area contributed by atoms with Gasteiger partial charge in [0.1, 0.15) is 5.82 Å². The smallest absolute Gasteiger partial charge is 0.232 e. The molecule has 3 rings (SSSR count). The largest absolute Gasteiger partial charge is 0.494 e. The molecule has 0 bridgehead atoms. The molecular formula is C20H23FN6O. The molecule has 0 atom stereocenters. The lowest BCUT2D eigenvalue weighted by Crippen LogP contribution is -2.24. The highest BCUT2D eigenvalue weighted by molar-refractivity contribution is 5.53. The van der Waals surface area contributed by atoms with E-state index in [2.05, 4.69) is 25.2 Å². The van der Waals surface area contributed by atoms with Gasteiger partial charge in [0.05, 0.1) is 13.7 Å². The van der Waals surface area contributed by atoms with Crippen LogP contribution in [0.15, 0.2) is 48.5 Å². The van der Waals surface area contributed by atoms with Crippen LogP contribution >= 0.6 is 0 Å². The van der Waals surface area contributed by atoms with Gasteiger partial charge >= 0.3 is 0 Å². The second kappa shape index (κ2) is 9.09. The lowest BCUT2D eigenvalue weighted by atomic mass is 10.2. The predicted molar refractivity (Wildman–Crippen MR) is 107 cm³/mol. The van der Waals surface area contributed by atoms with Crippen LogP contribution in [0.25, 0.3) is 0 Å². The van der Waals surface area contributed by atoms with Crippen molar-refractivity contribution in [3.05, 3.63) is 65.7 Å². The number of nitrogen functional groups attached to an aromatic ring is 1. The maximum Gasteiger partial charge on any atom is 0.232 e. The van der Waals surface area contributed by atoms with Gasteiger partial charge in [-0.25, -0.2) is 4.39 Å². The number of nitrogens with two attached hydrogens (primary N) is 1. The minimum absolute atomic E-state index is 0.148. The van der Waals surface area contributed by atoms with Crippen molar-refractivity contribution in [2.75, 3.05) is 24.7 Å². The van der Waals surface area contributed by atoms with Crippen molar-refractivity contribution in [2.45, 2.75) is 20.0 Å². The Labute approximate surface area is 163 Å². The van der Waals surface area contributed by atoms with Crippen molar-refractivity contribution in [3.8, 4) is 5.75 Å². The third-order valence-electron chi connectivity index (χ3n) is 4.16. The van der Waals surface area contributed by atoms with Gasteiger partial charge in [0.25, 0.3) is 0 Å². The summed E-state index contributed by atoms with van der Waals surface area (Å²) in [6, 6.07) is 14.5. The molecule has 0 aliphatic heterocycles. The predicted octanol–water partition coefficient (Wildman–Crippen LogP) is 3.37. The quantitative estimate of drug-likeness (QED) is 0.617. The minimum Gasteiger partial charge on any atom is -0.494 e. The van der Waals surface area contributed by atoms with Gasteiger partial charge < -0.3 is 15.8 Å². The lowest BCUT2D eigenvalue weighted by molar-refractivity contribution is 0.264. The Morgan fingerprint density at radius 1 is 1.07 bits per heavy atom. The zero-order valence-corrected chi connectivity index (χ0v) is 15.9. The van der Waals surface area contributed by atoms with E-state index in [4.69, 9.17) is 10.5 Å². The van der Waals surface area contributed by atoms with Crippen LogP contribution in [0.3, 0.4) is 0 Å². The number of halogens is 1. The molecule has 0 unspecified atom stereocenters. The molecule has 3 N–H and O–H groups in total. The van der Waals surface area contributed by atoms with Gasteiger partial charge in [-0.05, 0) is 36.4 Å². The van der Waals surface area contributed by atoms with E-state index in [1.165, 1.54) is 13.2 Å². The molecule has 146 valence electrons. The van der Waals surface area contributed by atoms with Crippen molar-refractivity contribution in [1.29, 1.82) is 0 Å². The average Bonchev–Trinajstić information content (AvgIpc) is 2.68. The molecule has 0 saturated carbocycles. The van der Waals surface area contributed by atoms with Crippen LogP contribution in [0.4, 0.5) is 22.0 Å². The number of para-hydroxylation sites is 1. The summed E-state index contributed by atoms with van der Waals surface area (Å²) in [7, 11) is 1.45. The van der Waals surface area contributed by atoms with E-state index >= 15 is 0 Å². The second-order valence-electron chi connectivity index (χ2n) is 6.20. The molecular weight excluding hydrogens is 359 g/mol. The molecule has 0 amide bonds. The fourth-order valence-electron chi connectivity index (χ4n) is 2.76. The molecule has 1 heterocycles. The first kappa shape index (κ1) is 19.5. The van der Waals surface area contributed by atoms with Gasteiger partial charge in [0.15, 0.2) is 11.6 Å². The summed E-state index contributed by atoms with van der Waals surface area (Å²) >= 11 is 0. The summed E-state index contributed by atoms with van der Waals surface area (Å²) < 4.78 is 18.9. The van der Waals surface area contributed by atoms with Crippen LogP contribution in [0, 0.1) is 5.82 Å². The molecule has 28 heavy (non-hydrogen) atoms. The Morgan fingerprint density at radius 2 is 1.86 bits per heavy atom. The average molecular weight is 382 g/mol. The highest BCUT2D eigenvalue weighted by Gasteiger charge is 2.12. The van der Waals surface area contributed by atoms with Crippen LogP contribution < -0.4 is 15.8 Å². The highest BCUT2D eigenvalue weighted by atomic mass is 19.1. The molecule has 7 nitrogen and oxygen atoms in total. The van der Waals surface area contributed by atoms with Gasteiger partial charge in [-0.3, -0.25) is 4.90 Å². The van der Waals surface area contributed by atoms with Crippen LogP contribution in [0.2, 0.25) is 0 Å². The molecule has 0 saturated heterocycles. The molecule has 2 aromatic carbocycles. The van der Waals surface area contributed by atoms with Gasteiger partial charge in [-0.15, -0.1) is 0 Å². The normalized spacial score (nSPS) is 10.9. The molecule has 3 aromatic rings. The monoisotopic (exact) mass is 382 g/mol. The third-order valence-corrected chi connectivity index (χ3v) is 4.16. The summed E-state index contributed by atoms with van der Waals surface area (Å²) in [5.74, 6) is 0.931. The number of anilines is 3. The molecule has 0 aliphatic rings. The number of hydrogen-bond acceptors (Lipinski definition) is 7. The number of benzene rings is 2. The maximum absolute atomic E-state index is 13.9. The first-order valence-corrected chi connectivity index (χ1v) is 8.94. The standard InChI is InChI=1S/C20H23FN6O/c1-3-27(12-14-9-10-17(28-2)16(21)11-14)13-18-24-19(22)26-20(25-18)23-15-7-5-4-6-8-15/h4-11H,3,12-13H2,1-2H3,(H3,22,23,24,25,26). The van der Waals surface area contributed by atoms with Gasteiger partial charge in [0, 0.05) is 12.2 Å². The number of methoxy groups -OCH3 is 1. The minimum atomic E-state index is -0.380. The van der Waals surface area contributed by atoms with E-state index in [1.54, 1.807) is 6.07 Å². The first-order chi connectivity index (χ1) is 13.6. The van der Waals surface area contributed by atoms with E-state index in [1.807, 2.05) is 43.3 Å². The number of hydrogen-bond donors (Lipinski definition) is 2. The number of aromatic nitrogens is 3. The summed E-state index contributed by atoms with van der Waals surface area (Å²) in [6.45, 7) is 3.76. The number of ether oxygens (including phenoxy) is 1. The van der Waals surface area contributed by atoms with Crippen LogP contribution in [0.5, 0.6) is 5.75 Å². The summed E-state index contributed by atoms with van der Waals surface area (Å²) in [6.07, 6.45) is 0. The zero-order chi connectivity index (χ0) is 19.9. The van der Waals surface area contributed by atoms with E-state index in [0.29, 0.717) is 24.9 Å². The van der Waals surface area contributed by atoms with Gasteiger partial charge in [-0.1, -0.05) is 31.2 Å². The van der Waals surface area contributed by atoms with E-state index in [9.17, 15) is 4.39 Å². The second-order valence-corrected chi connectivity index (χ2v) is 6.20. The maximum atomic E-state index is 13.9. The molecule has 8 heteroatoms. The van der Waals surface area contributed by atoms with Crippen LogP contribution in [-0.4, -0.2) is 33.5 Å². The number of rotatable bonds is 8. The first-order valence-electron chi connectivity index (χ1n) is 8.94. The zero-order valence-electron chi connectivity index (χ0n) is 15.9. The Kier molecular flexibility index (Phi) is 6.33. The van der Waals surface area contributed by atoms with Gasteiger partial charge in [0.2, 0.25) is 11.9 Å². The fraction of sp³-hybridized carbons (Fsp3) is 0.250. The molecule has 0 radical (unpaired) electrons. The highest BCUT2D eigenvalue weighted by Crippen LogP contribution is 2.19. The van der Waals surface area contributed by atoms with Crippen molar-refractivity contribution < 1.29 is 9.13 Å². The van der Waals surface area contributed by atoms with Crippen molar-refractivity contribution in [3.63, 3.8) is 0 Å². The Hall–Kier alpha value is -3.26. The van der Waals surface area contributed by atoms with E-state index < -0.39 is 0 Å². The van der Waals surface area contributed by atoms with Gasteiger partial charge in [-0.2, -0.15) is 15.0 Å². The third kappa shape index (κ3) is 5.14. The summed E-state index contributed by atoms with van der Waals surface area (Å²) in [4.78, 5) is 14.9. The topological polar surface area (TPSA) is 89.2 Å². The van der Waals surface area contributed by atoms with Crippen molar-refractivity contribution >= 4 is 17.6 Å². The number of nitrogens with one attached hydrogen (secondary N) is 1. The Balaban J connectivity index is 1.72. The van der Waals surface area contributed by atoms with Crippen LogP contribution in [-0.2, 0) is 13.1 Å². The van der Waals surface area contributed by atoms with Crippen molar-refractivity contribution in [2.24, 2.45) is 0 Å². The molecule has 0 aliphatic carbocycles. The number of nitrogens with zero attached hydrogens (tertiary/aromatic N) is 4. The van der Waals surface area contributed by atoms with E-state index in [0.717, 1.165) is 17.8 Å².